The normalized spacial score (nSPS) is 21.7. The predicted octanol–water partition coefficient (Wildman–Crippen LogP) is 6.13. The first kappa shape index (κ1) is 27.5. The van der Waals surface area contributed by atoms with E-state index in [0.717, 1.165) is 23.3 Å². The third-order valence-corrected chi connectivity index (χ3v) is 9.40. The van der Waals surface area contributed by atoms with E-state index in [4.69, 9.17) is 25.8 Å². The highest BCUT2D eigenvalue weighted by molar-refractivity contribution is 7.90. The van der Waals surface area contributed by atoms with E-state index >= 15 is 0 Å². The molecule has 2 heterocycles. The second-order valence-electron chi connectivity index (χ2n) is 10.6. The number of amides is 1. The van der Waals surface area contributed by atoms with Crippen LogP contribution in [-0.2, 0) is 26.2 Å². The van der Waals surface area contributed by atoms with Crippen LogP contribution >= 0.6 is 11.6 Å². The van der Waals surface area contributed by atoms with Crippen molar-refractivity contribution in [2.45, 2.75) is 69.3 Å². The van der Waals surface area contributed by atoms with Crippen LogP contribution in [0.5, 0.6) is 11.5 Å². The number of benzene rings is 3. The lowest BCUT2D eigenvalue weighted by molar-refractivity contribution is -0.155. The van der Waals surface area contributed by atoms with Crippen LogP contribution in [0.2, 0.25) is 5.02 Å². The largest absolute Gasteiger partial charge is 0.489 e. The molecule has 5 rings (SSSR count). The van der Waals surface area contributed by atoms with E-state index in [9.17, 15) is 13.2 Å². The zero-order valence-electron chi connectivity index (χ0n) is 22.1. The SMILES string of the molecule is Cc1c(Cl)cccc1S(=O)(=O)NC(=O)C[C@@H]1CC[C@@H]2[C@@H](O1)c1cc(OCc3ccccc3)ccc1OC2(C)C. The summed E-state index contributed by atoms with van der Waals surface area (Å²) in [7, 11) is -4.06. The number of ether oxygens (including phenoxy) is 3. The minimum atomic E-state index is -4.06. The molecule has 0 bridgehead atoms. The van der Waals surface area contributed by atoms with Crippen LogP contribution in [0, 0.1) is 12.8 Å². The van der Waals surface area contributed by atoms with Gasteiger partial charge in [-0.15, -0.1) is 0 Å². The molecule has 1 saturated heterocycles. The summed E-state index contributed by atoms with van der Waals surface area (Å²) in [6.07, 6.45) is 0.532. The molecule has 0 spiro atoms. The van der Waals surface area contributed by atoms with Gasteiger partial charge >= 0.3 is 0 Å². The fraction of sp³-hybridized carbons (Fsp3) is 0.367. The lowest BCUT2D eigenvalue weighted by Gasteiger charge is -2.48. The molecule has 9 heteroatoms. The monoisotopic (exact) mass is 569 g/mol. The van der Waals surface area contributed by atoms with Crippen molar-refractivity contribution >= 4 is 27.5 Å². The Balaban J connectivity index is 1.31. The Kier molecular flexibility index (Phi) is 7.64. The number of rotatable bonds is 7. The van der Waals surface area contributed by atoms with Crippen LogP contribution in [0.1, 0.15) is 55.9 Å². The molecule has 0 radical (unpaired) electrons. The molecule has 0 aromatic heterocycles. The molecule has 0 unspecified atom stereocenters. The van der Waals surface area contributed by atoms with E-state index in [1.54, 1.807) is 19.1 Å². The van der Waals surface area contributed by atoms with E-state index in [0.29, 0.717) is 29.4 Å². The molecule has 7 nitrogen and oxygen atoms in total. The van der Waals surface area contributed by atoms with Crippen molar-refractivity contribution in [3.63, 3.8) is 0 Å². The maximum absolute atomic E-state index is 12.9. The van der Waals surface area contributed by atoms with Gasteiger partial charge in [-0.2, -0.15) is 0 Å². The van der Waals surface area contributed by atoms with Crippen molar-refractivity contribution in [1.82, 2.24) is 4.72 Å². The summed E-state index contributed by atoms with van der Waals surface area (Å²) >= 11 is 6.09. The highest BCUT2D eigenvalue weighted by Crippen LogP contribution is 2.51. The summed E-state index contributed by atoms with van der Waals surface area (Å²) in [5.41, 5.74) is 1.86. The minimum absolute atomic E-state index is 0.0175. The van der Waals surface area contributed by atoms with Gasteiger partial charge < -0.3 is 14.2 Å². The van der Waals surface area contributed by atoms with E-state index in [1.165, 1.54) is 6.07 Å². The summed E-state index contributed by atoms with van der Waals surface area (Å²) in [4.78, 5) is 12.8. The number of sulfonamides is 1. The number of carbonyl (C=O) groups excluding carboxylic acids is 1. The van der Waals surface area contributed by atoms with E-state index in [-0.39, 0.29) is 23.3 Å². The molecule has 1 amide bonds. The Bertz CT molecular complexity index is 1470. The van der Waals surface area contributed by atoms with E-state index in [2.05, 4.69) is 4.72 Å². The average Bonchev–Trinajstić information content (AvgIpc) is 2.89. The van der Waals surface area contributed by atoms with Crippen molar-refractivity contribution in [1.29, 1.82) is 0 Å². The molecular weight excluding hydrogens is 538 g/mol. The van der Waals surface area contributed by atoms with Crippen LogP contribution in [0.15, 0.2) is 71.6 Å². The predicted molar refractivity (Wildman–Crippen MR) is 148 cm³/mol. The molecule has 1 fully saturated rings. The summed E-state index contributed by atoms with van der Waals surface area (Å²) in [5, 5.41) is 0.319. The zero-order valence-corrected chi connectivity index (χ0v) is 23.7. The summed E-state index contributed by atoms with van der Waals surface area (Å²) in [5.74, 6) is 0.861. The van der Waals surface area contributed by atoms with Crippen LogP contribution in [0.4, 0.5) is 0 Å². The quantitative estimate of drug-likeness (QED) is 0.368. The Hall–Kier alpha value is -3.07. The molecule has 3 aromatic rings. The topological polar surface area (TPSA) is 90.9 Å². The molecule has 0 saturated carbocycles. The van der Waals surface area contributed by atoms with E-state index in [1.807, 2.05) is 62.4 Å². The van der Waals surface area contributed by atoms with Gasteiger partial charge in [0.05, 0.1) is 23.5 Å². The third kappa shape index (κ3) is 5.93. The second kappa shape index (κ2) is 10.8. The average molecular weight is 570 g/mol. The fourth-order valence-corrected chi connectivity index (χ4v) is 6.90. The maximum atomic E-state index is 12.9. The Morgan fingerprint density at radius 2 is 1.85 bits per heavy atom. The number of nitrogens with one attached hydrogen (secondary N) is 1. The van der Waals surface area contributed by atoms with Crippen LogP contribution in [-0.4, -0.2) is 26.0 Å². The smallest absolute Gasteiger partial charge is 0.264 e. The first-order chi connectivity index (χ1) is 18.5. The van der Waals surface area contributed by atoms with Crippen LogP contribution < -0.4 is 14.2 Å². The molecule has 3 atom stereocenters. The molecule has 206 valence electrons. The molecule has 3 aromatic carbocycles. The van der Waals surface area contributed by atoms with Gasteiger partial charge in [-0.25, -0.2) is 13.1 Å². The maximum Gasteiger partial charge on any atom is 0.264 e. The van der Waals surface area contributed by atoms with Crippen molar-refractivity contribution in [3.8, 4) is 11.5 Å². The fourth-order valence-electron chi connectivity index (χ4n) is 5.40. The van der Waals surface area contributed by atoms with Crippen molar-refractivity contribution < 1.29 is 27.4 Å². The molecule has 39 heavy (non-hydrogen) atoms. The second-order valence-corrected chi connectivity index (χ2v) is 12.7. The highest BCUT2D eigenvalue weighted by atomic mass is 35.5. The lowest BCUT2D eigenvalue weighted by atomic mass is 9.75. The number of carbonyl (C=O) groups is 1. The summed E-state index contributed by atoms with van der Waals surface area (Å²) in [6, 6.07) is 20.2. The van der Waals surface area contributed by atoms with Crippen LogP contribution in [0.3, 0.4) is 0 Å². The summed E-state index contributed by atoms with van der Waals surface area (Å²) < 4.78 is 46.8. The Morgan fingerprint density at radius 1 is 1.08 bits per heavy atom. The number of fused-ring (bicyclic) bond motifs is 3. The Morgan fingerprint density at radius 3 is 2.62 bits per heavy atom. The number of halogens is 1. The van der Waals surface area contributed by atoms with Gasteiger partial charge in [0.15, 0.2) is 0 Å². The Labute approximate surface area is 234 Å². The number of hydrogen-bond donors (Lipinski definition) is 1. The third-order valence-electron chi connectivity index (χ3n) is 7.47. The molecule has 2 aliphatic heterocycles. The molecular formula is C30H32ClNO6S. The van der Waals surface area contributed by atoms with Gasteiger partial charge in [0, 0.05) is 16.5 Å². The highest BCUT2D eigenvalue weighted by Gasteiger charge is 2.48. The van der Waals surface area contributed by atoms with Crippen molar-refractivity contribution in [2.75, 3.05) is 0 Å². The molecule has 0 aliphatic carbocycles. The van der Waals surface area contributed by atoms with Crippen LogP contribution in [0.25, 0.3) is 0 Å². The van der Waals surface area contributed by atoms with Gasteiger partial charge in [-0.1, -0.05) is 48.0 Å². The summed E-state index contributed by atoms with van der Waals surface area (Å²) in [6.45, 7) is 6.13. The minimum Gasteiger partial charge on any atom is -0.489 e. The van der Waals surface area contributed by atoms with E-state index < -0.39 is 27.6 Å². The lowest BCUT2D eigenvalue weighted by Crippen LogP contribution is -2.49. The zero-order chi connectivity index (χ0) is 27.8. The van der Waals surface area contributed by atoms with Crippen molar-refractivity contribution in [2.24, 2.45) is 5.92 Å². The van der Waals surface area contributed by atoms with Crippen molar-refractivity contribution in [3.05, 3.63) is 88.4 Å². The molecule has 2 aliphatic rings. The van der Waals surface area contributed by atoms with Gasteiger partial charge in [0.1, 0.15) is 23.7 Å². The van der Waals surface area contributed by atoms with Gasteiger partial charge in [0.25, 0.3) is 10.0 Å². The number of hydrogen-bond acceptors (Lipinski definition) is 6. The van der Waals surface area contributed by atoms with Gasteiger partial charge in [-0.05, 0) is 75.1 Å². The first-order valence-electron chi connectivity index (χ1n) is 13.0. The van der Waals surface area contributed by atoms with Gasteiger partial charge in [-0.3, -0.25) is 4.79 Å². The standard InChI is InChI=1S/C30H32ClNO6S/c1-19-25(31)10-7-11-27(19)39(34,35)32-28(33)17-22-12-14-24-29(37-22)23-16-21(13-15-26(23)38-30(24,2)3)36-18-20-8-5-4-6-9-20/h4-11,13,15-16,22,24,29H,12,14,17-18H2,1-3H3,(H,32,33)/t22-,24+,29-/m0/s1. The van der Waals surface area contributed by atoms with Gasteiger partial charge in [0.2, 0.25) is 5.91 Å². The first-order valence-corrected chi connectivity index (χ1v) is 14.9. The molecule has 1 N–H and O–H groups in total.